The smallest absolute Gasteiger partial charge is 0.400 e. The number of rotatable bonds is 3. The molecule has 0 saturated heterocycles. The summed E-state index contributed by atoms with van der Waals surface area (Å²) in [5, 5.41) is 15.3. The molecule has 4 amide bonds. The van der Waals surface area contributed by atoms with E-state index < -0.39 is 22.9 Å². The minimum absolute atomic E-state index is 0.0658. The van der Waals surface area contributed by atoms with Crippen LogP contribution in [0.25, 0.3) is 0 Å². The highest BCUT2D eigenvalue weighted by atomic mass is 16.6. The maximum absolute atomic E-state index is 10.8. The number of hydrazone groups is 1. The normalized spacial score (nSPS) is 10.1. The highest BCUT2D eigenvalue weighted by molar-refractivity contribution is 5.92. The zero-order valence-corrected chi connectivity index (χ0v) is 8.25. The predicted molar refractivity (Wildman–Crippen MR) is 54.2 cm³/mol. The fourth-order valence-electron chi connectivity index (χ4n) is 0.804. The summed E-state index contributed by atoms with van der Waals surface area (Å²) in [5.74, 6) is -0.385. The second kappa shape index (κ2) is 5.25. The summed E-state index contributed by atoms with van der Waals surface area (Å²) in [6.45, 7) is 0. The van der Waals surface area contributed by atoms with Gasteiger partial charge in [-0.15, -0.1) is 0 Å². The molecule has 0 radical (unpaired) electrons. The van der Waals surface area contributed by atoms with Gasteiger partial charge in [-0.3, -0.25) is 15.4 Å². The Bertz CT molecular complexity index is 479. The van der Waals surface area contributed by atoms with Crippen LogP contribution in [0.2, 0.25) is 0 Å². The third-order valence-electron chi connectivity index (χ3n) is 1.39. The Morgan fingerprint density at radius 1 is 1.53 bits per heavy atom. The number of hydrogen-bond donors (Lipinski definition) is 3. The van der Waals surface area contributed by atoms with Gasteiger partial charge >= 0.3 is 17.9 Å². The summed E-state index contributed by atoms with van der Waals surface area (Å²) < 4.78 is 4.70. The van der Waals surface area contributed by atoms with Gasteiger partial charge in [0.1, 0.15) is 4.92 Å². The molecule has 0 aromatic carbocycles. The number of primary amides is 1. The molecule has 0 unspecified atom stereocenters. The second-order valence-electron chi connectivity index (χ2n) is 2.62. The van der Waals surface area contributed by atoms with E-state index in [0.717, 1.165) is 12.3 Å². The van der Waals surface area contributed by atoms with Gasteiger partial charge in [-0.05, 0) is 6.07 Å². The van der Waals surface area contributed by atoms with Crippen LogP contribution in [0.1, 0.15) is 5.76 Å². The number of urea groups is 2. The molecule has 0 aliphatic rings. The van der Waals surface area contributed by atoms with Gasteiger partial charge in [0.15, 0.2) is 5.76 Å². The number of nitrogens with one attached hydrogen (secondary N) is 2. The number of carbonyl (C=O) groups is 2. The van der Waals surface area contributed by atoms with Crippen LogP contribution in [0.3, 0.4) is 0 Å². The van der Waals surface area contributed by atoms with Crippen LogP contribution in [0.4, 0.5) is 15.5 Å². The van der Waals surface area contributed by atoms with E-state index in [1.54, 1.807) is 5.32 Å². The lowest BCUT2D eigenvalue weighted by molar-refractivity contribution is -0.402. The zero-order valence-electron chi connectivity index (χ0n) is 8.25. The molecular formula is C7H7N5O5. The number of nitro groups is 1. The van der Waals surface area contributed by atoms with Crippen LogP contribution in [-0.4, -0.2) is 23.2 Å². The van der Waals surface area contributed by atoms with Crippen molar-refractivity contribution in [2.75, 3.05) is 0 Å². The molecule has 0 saturated carbocycles. The van der Waals surface area contributed by atoms with E-state index in [-0.39, 0.29) is 5.76 Å². The molecule has 0 spiro atoms. The molecule has 0 bridgehead atoms. The van der Waals surface area contributed by atoms with E-state index in [0.29, 0.717) is 0 Å². The Balaban J connectivity index is 2.50. The first-order valence-corrected chi connectivity index (χ1v) is 4.13. The first-order chi connectivity index (χ1) is 7.99. The Hall–Kier alpha value is -2.91. The minimum Gasteiger partial charge on any atom is -0.400 e. The molecule has 1 aromatic rings. The van der Waals surface area contributed by atoms with Crippen molar-refractivity contribution in [1.29, 1.82) is 0 Å². The fraction of sp³-hybridized carbons (Fsp3) is 0. The average molecular weight is 241 g/mol. The quantitative estimate of drug-likeness (QED) is 0.383. The van der Waals surface area contributed by atoms with E-state index in [9.17, 15) is 19.7 Å². The van der Waals surface area contributed by atoms with Gasteiger partial charge in [-0.2, -0.15) is 5.10 Å². The van der Waals surface area contributed by atoms with Crippen molar-refractivity contribution >= 4 is 24.2 Å². The largest absolute Gasteiger partial charge is 0.433 e. The number of nitrogens with two attached hydrogens (primary N) is 1. The summed E-state index contributed by atoms with van der Waals surface area (Å²) in [7, 11) is 0. The van der Waals surface area contributed by atoms with E-state index in [2.05, 4.69) is 10.8 Å². The molecule has 1 heterocycles. The van der Waals surface area contributed by atoms with Crippen LogP contribution < -0.4 is 16.5 Å². The van der Waals surface area contributed by atoms with Gasteiger partial charge in [-0.1, -0.05) is 0 Å². The monoisotopic (exact) mass is 241 g/mol. The fourth-order valence-corrected chi connectivity index (χ4v) is 0.804. The number of amides is 4. The molecule has 17 heavy (non-hydrogen) atoms. The van der Waals surface area contributed by atoms with Crippen molar-refractivity contribution in [2.24, 2.45) is 10.8 Å². The van der Waals surface area contributed by atoms with E-state index in [4.69, 9.17) is 4.42 Å². The number of nitrogens with zero attached hydrogens (tertiary/aromatic N) is 2. The van der Waals surface area contributed by atoms with Gasteiger partial charge in [0.2, 0.25) is 0 Å². The van der Waals surface area contributed by atoms with Crippen molar-refractivity contribution < 1.29 is 18.9 Å². The summed E-state index contributed by atoms with van der Waals surface area (Å²) >= 11 is 0. The first kappa shape index (κ1) is 12.2. The zero-order chi connectivity index (χ0) is 12.8. The second-order valence-corrected chi connectivity index (χ2v) is 2.62. The Labute approximate surface area is 93.6 Å². The Kier molecular flexibility index (Phi) is 3.76. The number of furan rings is 1. The highest BCUT2D eigenvalue weighted by Gasteiger charge is 2.10. The topological polar surface area (TPSA) is 153 Å². The third-order valence-corrected chi connectivity index (χ3v) is 1.39. The molecule has 0 fully saturated rings. The van der Waals surface area contributed by atoms with Crippen LogP contribution in [0.5, 0.6) is 0 Å². The number of carbonyl (C=O) groups excluding carboxylic acids is 2. The van der Waals surface area contributed by atoms with Gasteiger partial charge < -0.3 is 10.2 Å². The minimum atomic E-state index is -1.04. The van der Waals surface area contributed by atoms with E-state index in [1.807, 2.05) is 5.43 Å². The van der Waals surface area contributed by atoms with Crippen molar-refractivity contribution in [2.45, 2.75) is 0 Å². The lowest BCUT2D eigenvalue weighted by atomic mass is 10.5. The van der Waals surface area contributed by atoms with Crippen LogP contribution in [-0.2, 0) is 0 Å². The maximum Gasteiger partial charge on any atom is 0.433 e. The van der Waals surface area contributed by atoms with Crippen molar-refractivity contribution in [3.8, 4) is 0 Å². The van der Waals surface area contributed by atoms with Gasteiger partial charge in [-0.25, -0.2) is 15.0 Å². The Morgan fingerprint density at radius 3 is 2.76 bits per heavy atom. The average Bonchev–Trinajstić information content (AvgIpc) is 2.65. The lowest BCUT2D eigenvalue weighted by Crippen LogP contribution is -2.40. The number of imide groups is 1. The summed E-state index contributed by atoms with van der Waals surface area (Å²) in [6.07, 6.45) is 1.02. The molecule has 10 nitrogen and oxygen atoms in total. The molecule has 1 rings (SSSR count). The number of hydrogen-bond acceptors (Lipinski definition) is 6. The van der Waals surface area contributed by atoms with E-state index >= 15 is 0 Å². The summed E-state index contributed by atoms with van der Waals surface area (Å²) in [6, 6.07) is 0.446. The third kappa shape index (κ3) is 3.99. The molecule has 4 N–H and O–H groups in total. The standard InChI is InChI=1S/C7H7N5O5/c8-6(13)10-7(14)11-9-3-4-1-2-5(17-4)12(15)16/h1-3H,(H4,8,10,11,13,14). The van der Waals surface area contributed by atoms with E-state index in [1.165, 1.54) is 6.07 Å². The molecule has 90 valence electrons. The van der Waals surface area contributed by atoms with Gasteiger partial charge in [0, 0.05) is 0 Å². The molecular weight excluding hydrogens is 234 g/mol. The first-order valence-electron chi connectivity index (χ1n) is 4.13. The Morgan fingerprint density at radius 2 is 2.24 bits per heavy atom. The predicted octanol–water partition coefficient (Wildman–Crippen LogP) is -0.100. The highest BCUT2D eigenvalue weighted by Crippen LogP contribution is 2.13. The van der Waals surface area contributed by atoms with Gasteiger partial charge in [0.25, 0.3) is 0 Å². The molecule has 0 aliphatic carbocycles. The lowest BCUT2D eigenvalue weighted by Gasteiger charge is -1.96. The SMILES string of the molecule is NC(=O)NC(=O)NN=Cc1ccc([N+](=O)[O-])o1. The molecule has 10 heteroatoms. The molecule has 0 aliphatic heterocycles. The molecule has 0 atom stereocenters. The summed E-state index contributed by atoms with van der Waals surface area (Å²) in [5.41, 5.74) is 6.55. The van der Waals surface area contributed by atoms with Crippen molar-refractivity contribution in [1.82, 2.24) is 10.7 Å². The van der Waals surface area contributed by atoms with Crippen LogP contribution in [0.15, 0.2) is 21.7 Å². The summed E-state index contributed by atoms with van der Waals surface area (Å²) in [4.78, 5) is 30.5. The van der Waals surface area contributed by atoms with Gasteiger partial charge in [0.05, 0.1) is 12.3 Å². The molecule has 1 aromatic heterocycles. The van der Waals surface area contributed by atoms with Crippen LogP contribution >= 0.6 is 0 Å². The maximum atomic E-state index is 10.8. The van der Waals surface area contributed by atoms with Crippen molar-refractivity contribution in [3.63, 3.8) is 0 Å². The van der Waals surface area contributed by atoms with Crippen molar-refractivity contribution in [3.05, 3.63) is 28.0 Å². The van der Waals surface area contributed by atoms with Crippen LogP contribution in [0, 0.1) is 10.1 Å².